The molecule has 1 N–H and O–H groups in total. The van der Waals surface area contributed by atoms with Crippen molar-refractivity contribution < 1.29 is 5.11 Å². The van der Waals surface area contributed by atoms with Crippen LogP contribution in [-0.2, 0) is 6.42 Å². The number of hydrogen-bond donors (Lipinski definition) is 1. The van der Waals surface area contributed by atoms with E-state index in [1.165, 1.54) is 0 Å². The fourth-order valence-electron chi connectivity index (χ4n) is 1.01. The van der Waals surface area contributed by atoms with Gasteiger partial charge < -0.3 is 5.11 Å². The summed E-state index contributed by atoms with van der Waals surface area (Å²) in [6.07, 6.45) is 2.45. The molecule has 0 atom stereocenters. The minimum Gasteiger partial charge on any atom is -0.493 e. The summed E-state index contributed by atoms with van der Waals surface area (Å²) < 4.78 is 0. The van der Waals surface area contributed by atoms with E-state index in [1.807, 2.05) is 19.9 Å². The first-order valence-electron chi connectivity index (χ1n) is 3.39. The molecule has 0 bridgehead atoms. The summed E-state index contributed by atoms with van der Waals surface area (Å²) in [6.45, 7) is 3.98. The van der Waals surface area contributed by atoms with Crippen molar-refractivity contribution in [1.29, 1.82) is 0 Å². The van der Waals surface area contributed by atoms with Crippen LogP contribution >= 0.6 is 12.4 Å². The van der Waals surface area contributed by atoms with Gasteiger partial charge in [0.25, 0.3) is 0 Å². The highest BCUT2D eigenvalue weighted by atomic mass is 35.5. The summed E-state index contributed by atoms with van der Waals surface area (Å²) in [5.74, 6) is 0.169. The van der Waals surface area contributed by atoms with Crippen molar-refractivity contribution in [2.75, 3.05) is 0 Å². The topological polar surface area (TPSA) is 33.1 Å². The first kappa shape index (κ1) is 10.2. The van der Waals surface area contributed by atoms with Gasteiger partial charge in [-0.2, -0.15) is 0 Å². The summed E-state index contributed by atoms with van der Waals surface area (Å²) >= 11 is 0. The Morgan fingerprint density at radius 2 is 2.18 bits per heavy atom. The van der Waals surface area contributed by atoms with Crippen molar-refractivity contribution in [3.05, 3.63) is 23.4 Å². The average molecular weight is 174 g/mol. The van der Waals surface area contributed by atoms with Crippen LogP contribution in [0.1, 0.15) is 18.1 Å². The van der Waals surface area contributed by atoms with Crippen LogP contribution in [0.15, 0.2) is 12.3 Å². The Balaban J connectivity index is 0.000001000. The first-order valence-corrected chi connectivity index (χ1v) is 3.39. The molecule has 0 radical (unpaired) electrons. The summed E-state index contributed by atoms with van der Waals surface area (Å²) in [7, 11) is 0. The van der Waals surface area contributed by atoms with Gasteiger partial charge >= 0.3 is 0 Å². The predicted molar refractivity (Wildman–Crippen MR) is 47.3 cm³/mol. The second-order valence-corrected chi connectivity index (χ2v) is 2.28. The zero-order valence-electron chi connectivity index (χ0n) is 6.66. The number of halogens is 1. The van der Waals surface area contributed by atoms with E-state index >= 15 is 0 Å². The molecule has 0 amide bonds. The Labute approximate surface area is 72.7 Å². The maximum absolute atomic E-state index is 9.18. The molecule has 0 aliphatic heterocycles. The van der Waals surface area contributed by atoms with E-state index in [1.54, 1.807) is 6.20 Å². The van der Waals surface area contributed by atoms with Crippen LogP contribution in [0.25, 0.3) is 0 Å². The van der Waals surface area contributed by atoms with Crippen molar-refractivity contribution in [3.8, 4) is 5.88 Å². The van der Waals surface area contributed by atoms with Crippen LogP contribution in [0.4, 0.5) is 0 Å². The van der Waals surface area contributed by atoms with E-state index in [-0.39, 0.29) is 18.3 Å². The van der Waals surface area contributed by atoms with Gasteiger partial charge in [-0.05, 0) is 25.0 Å². The fraction of sp³-hybridized carbons (Fsp3) is 0.375. The van der Waals surface area contributed by atoms with E-state index < -0.39 is 0 Å². The molecule has 0 saturated heterocycles. The quantitative estimate of drug-likeness (QED) is 0.706. The van der Waals surface area contributed by atoms with Gasteiger partial charge in [0.1, 0.15) is 0 Å². The largest absolute Gasteiger partial charge is 0.493 e. The number of aromatic nitrogens is 1. The highest BCUT2D eigenvalue weighted by molar-refractivity contribution is 5.85. The van der Waals surface area contributed by atoms with E-state index in [0.717, 1.165) is 17.5 Å². The van der Waals surface area contributed by atoms with Crippen LogP contribution in [0.2, 0.25) is 0 Å². The average Bonchev–Trinajstić information content (AvgIpc) is 1.88. The standard InChI is InChI=1S/C8H11NO.ClH/c1-3-7-6(2)4-5-9-8(7)10;/h4-5H,3H2,1-2H3,(H,9,10);1H. The second-order valence-electron chi connectivity index (χ2n) is 2.28. The van der Waals surface area contributed by atoms with Gasteiger partial charge in [-0.3, -0.25) is 0 Å². The zero-order chi connectivity index (χ0) is 7.56. The van der Waals surface area contributed by atoms with Gasteiger partial charge in [0.05, 0.1) is 0 Å². The Morgan fingerprint density at radius 3 is 2.55 bits per heavy atom. The summed E-state index contributed by atoms with van der Waals surface area (Å²) in [5, 5.41) is 9.18. The second kappa shape index (κ2) is 4.19. The lowest BCUT2D eigenvalue weighted by molar-refractivity contribution is 0.446. The lowest BCUT2D eigenvalue weighted by atomic mass is 10.1. The SMILES string of the molecule is CCc1c(C)ccnc1O.Cl. The van der Waals surface area contributed by atoms with Gasteiger partial charge in [-0.25, -0.2) is 4.98 Å². The smallest absolute Gasteiger partial charge is 0.214 e. The van der Waals surface area contributed by atoms with E-state index in [0.29, 0.717) is 0 Å². The number of hydrogen-bond acceptors (Lipinski definition) is 2. The van der Waals surface area contributed by atoms with Crippen molar-refractivity contribution in [2.45, 2.75) is 20.3 Å². The molecule has 62 valence electrons. The monoisotopic (exact) mass is 173 g/mol. The third-order valence-electron chi connectivity index (χ3n) is 1.62. The third kappa shape index (κ3) is 2.09. The molecule has 0 unspecified atom stereocenters. The number of aryl methyl sites for hydroxylation is 1. The Morgan fingerprint density at radius 1 is 1.55 bits per heavy atom. The van der Waals surface area contributed by atoms with Gasteiger partial charge in [0.15, 0.2) is 0 Å². The maximum atomic E-state index is 9.18. The predicted octanol–water partition coefficient (Wildman–Crippen LogP) is 2.08. The number of pyridine rings is 1. The molecular formula is C8H12ClNO. The molecule has 11 heavy (non-hydrogen) atoms. The normalized spacial score (nSPS) is 8.91. The minimum absolute atomic E-state index is 0. The molecule has 1 rings (SSSR count). The fourth-order valence-corrected chi connectivity index (χ4v) is 1.01. The maximum Gasteiger partial charge on any atom is 0.214 e. The lowest BCUT2D eigenvalue weighted by Gasteiger charge is -2.02. The molecule has 0 saturated carbocycles. The van der Waals surface area contributed by atoms with E-state index in [9.17, 15) is 5.11 Å². The highest BCUT2D eigenvalue weighted by Gasteiger charge is 2.00. The summed E-state index contributed by atoms with van der Waals surface area (Å²) in [4.78, 5) is 3.77. The lowest BCUT2D eigenvalue weighted by Crippen LogP contribution is -1.88. The molecule has 0 spiro atoms. The molecular weight excluding hydrogens is 162 g/mol. The molecule has 0 aliphatic carbocycles. The van der Waals surface area contributed by atoms with Crippen molar-refractivity contribution >= 4 is 12.4 Å². The summed E-state index contributed by atoms with van der Waals surface area (Å²) in [6, 6.07) is 1.90. The zero-order valence-corrected chi connectivity index (χ0v) is 7.48. The number of nitrogens with zero attached hydrogens (tertiary/aromatic N) is 1. The number of rotatable bonds is 1. The Hall–Kier alpha value is -0.760. The van der Waals surface area contributed by atoms with Crippen LogP contribution in [0, 0.1) is 6.92 Å². The van der Waals surface area contributed by atoms with Crippen LogP contribution in [-0.4, -0.2) is 10.1 Å². The molecule has 0 aromatic carbocycles. The summed E-state index contributed by atoms with van der Waals surface area (Å²) in [5.41, 5.74) is 2.05. The van der Waals surface area contributed by atoms with E-state index in [4.69, 9.17) is 0 Å². The van der Waals surface area contributed by atoms with Crippen LogP contribution < -0.4 is 0 Å². The van der Waals surface area contributed by atoms with Gasteiger partial charge in [0, 0.05) is 11.8 Å². The van der Waals surface area contributed by atoms with Gasteiger partial charge in [0.2, 0.25) is 5.88 Å². The first-order chi connectivity index (χ1) is 4.75. The molecule has 1 heterocycles. The van der Waals surface area contributed by atoms with Gasteiger partial charge in [-0.1, -0.05) is 6.92 Å². The number of aromatic hydroxyl groups is 1. The minimum atomic E-state index is 0. The van der Waals surface area contributed by atoms with Crippen LogP contribution in [0.5, 0.6) is 5.88 Å². The Bertz CT molecular complexity index is 217. The highest BCUT2D eigenvalue weighted by Crippen LogP contribution is 2.16. The van der Waals surface area contributed by atoms with Crippen molar-refractivity contribution in [1.82, 2.24) is 4.98 Å². The molecule has 3 heteroatoms. The van der Waals surface area contributed by atoms with E-state index in [2.05, 4.69) is 4.98 Å². The van der Waals surface area contributed by atoms with Crippen molar-refractivity contribution in [3.63, 3.8) is 0 Å². The molecule has 0 fully saturated rings. The molecule has 0 aliphatic rings. The van der Waals surface area contributed by atoms with Gasteiger partial charge in [-0.15, -0.1) is 12.4 Å². The third-order valence-corrected chi connectivity index (χ3v) is 1.62. The molecule has 1 aromatic rings. The van der Waals surface area contributed by atoms with Crippen LogP contribution in [0.3, 0.4) is 0 Å². The Kier molecular flexibility index (Phi) is 3.90. The molecule has 2 nitrogen and oxygen atoms in total. The van der Waals surface area contributed by atoms with Crippen molar-refractivity contribution in [2.24, 2.45) is 0 Å². The molecule has 1 aromatic heterocycles.